The van der Waals surface area contributed by atoms with E-state index < -0.39 is 0 Å². The van der Waals surface area contributed by atoms with E-state index in [2.05, 4.69) is 5.32 Å². The highest BCUT2D eigenvalue weighted by molar-refractivity contribution is 5.93. The summed E-state index contributed by atoms with van der Waals surface area (Å²) in [6.07, 6.45) is 0. The number of likely N-dealkylation sites (N-methyl/N-ethyl adjacent to an activating group) is 2. The lowest BCUT2D eigenvalue weighted by Gasteiger charge is -2.26. The summed E-state index contributed by atoms with van der Waals surface area (Å²) in [6, 6.07) is 13.4. The summed E-state index contributed by atoms with van der Waals surface area (Å²) in [5.41, 5.74) is 2.42. The molecule has 27 heavy (non-hydrogen) atoms. The number of hydrogen-bond acceptors (Lipinski definition) is 2. The van der Waals surface area contributed by atoms with E-state index in [1.165, 1.54) is 12.1 Å². The Morgan fingerprint density at radius 3 is 2.41 bits per heavy atom. The quantitative estimate of drug-likeness (QED) is 0.769. The molecule has 0 aliphatic carbocycles. The zero-order valence-corrected chi connectivity index (χ0v) is 16.3. The van der Waals surface area contributed by atoms with Crippen molar-refractivity contribution < 1.29 is 18.9 Å². The fourth-order valence-electron chi connectivity index (χ4n) is 2.92. The third kappa shape index (κ3) is 5.62. The molecule has 2 aromatic rings. The van der Waals surface area contributed by atoms with Crippen LogP contribution in [0.5, 0.6) is 0 Å². The molecule has 2 N–H and O–H groups in total. The molecule has 2 rings (SSSR count). The summed E-state index contributed by atoms with van der Waals surface area (Å²) in [5.74, 6) is -0.423. The maximum atomic E-state index is 13.3. The van der Waals surface area contributed by atoms with Crippen LogP contribution >= 0.6 is 0 Å². The molecule has 0 saturated carbocycles. The van der Waals surface area contributed by atoms with Gasteiger partial charge in [0.05, 0.1) is 7.05 Å². The van der Waals surface area contributed by atoms with Gasteiger partial charge in [0.25, 0.3) is 11.8 Å². The predicted octanol–water partition coefficient (Wildman–Crippen LogP) is 1.25. The number of nitrogens with one attached hydrogen (secondary N) is 2. The monoisotopic (exact) mass is 372 g/mol. The molecule has 0 aliphatic heterocycles. The Labute approximate surface area is 159 Å². The van der Waals surface area contributed by atoms with Crippen molar-refractivity contribution in [3.05, 3.63) is 71.0 Å². The minimum atomic E-state index is -0.302. The highest BCUT2D eigenvalue weighted by Crippen LogP contribution is 2.07. The molecule has 0 aliphatic rings. The molecule has 5 nitrogen and oxygen atoms in total. The molecule has 2 amide bonds. The van der Waals surface area contributed by atoms with Gasteiger partial charge in [-0.1, -0.05) is 24.3 Å². The summed E-state index contributed by atoms with van der Waals surface area (Å²) < 4.78 is 13.3. The number of nitrogens with zero attached hydrogens (tertiary/aromatic N) is 1. The molecule has 0 radical (unpaired) electrons. The zero-order valence-electron chi connectivity index (χ0n) is 16.3. The van der Waals surface area contributed by atoms with Crippen LogP contribution in [0, 0.1) is 5.82 Å². The van der Waals surface area contributed by atoms with Gasteiger partial charge in [0.15, 0.2) is 6.04 Å². The van der Waals surface area contributed by atoms with Crippen LogP contribution in [0.4, 0.5) is 4.39 Å². The van der Waals surface area contributed by atoms with Crippen molar-refractivity contribution in [3.8, 4) is 0 Å². The van der Waals surface area contributed by atoms with Crippen LogP contribution < -0.4 is 10.2 Å². The molecule has 0 aromatic heterocycles. The predicted molar refractivity (Wildman–Crippen MR) is 103 cm³/mol. The second-order valence-corrected chi connectivity index (χ2v) is 6.85. The van der Waals surface area contributed by atoms with Crippen LogP contribution in [0.2, 0.25) is 0 Å². The Bertz CT molecular complexity index is 792. The molecule has 0 saturated heterocycles. The minimum absolute atomic E-state index is 0.00116. The Balaban J connectivity index is 1.95. The van der Waals surface area contributed by atoms with Crippen molar-refractivity contribution in [3.63, 3.8) is 0 Å². The average molecular weight is 372 g/mol. The lowest BCUT2D eigenvalue weighted by atomic mass is 10.1. The molecule has 2 atom stereocenters. The van der Waals surface area contributed by atoms with E-state index in [0.29, 0.717) is 18.7 Å². The highest BCUT2D eigenvalue weighted by Gasteiger charge is 2.25. The van der Waals surface area contributed by atoms with Crippen molar-refractivity contribution >= 4 is 11.8 Å². The molecule has 144 valence electrons. The molecular formula is C21H27FN3O2+. The first-order chi connectivity index (χ1) is 12.8. The highest BCUT2D eigenvalue weighted by atomic mass is 19.1. The number of carbonyl (C=O) groups is 2. The fourth-order valence-corrected chi connectivity index (χ4v) is 2.92. The molecular weight excluding hydrogens is 345 g/mol. The van der Waals surface area contributed by atoms with Gasteiger partial charge >= 0.3 is 0 Å². The van der Waals surface area contributed by atoms with Crippen molar-refractivity contribution in [2.24, 2.45) is 0 Å². The summed E-state index contributed by atoms with van der Waals surface area (Å²) in [5, 5.41) is 2.59. The molecule has 1 unspecified atom stereocenters. The third-order valence-corrected chi connectivity index (χ3v) is 4.72. The van der Waals surface area contributed by atoms with Gasteiger partial charge in [-0.05, 0) is 36.8 Å². The number of quaternary nitrogens is 1. The molecule has 0 heterocycles. The summed E-state index contributed by atoms with van der Waals surface area (Å²) in [6.45, 7) is 2.92. The van der Waals surface area contributed by atoms with Crippen molar-refractivity contribution in [2.75, 3.05) is 21.1 Å². The molecule has 0 spiro atoms. The van der Waals surface area contributed by atoms with E-state index >= 15 is 0 Å². The van der Waals surface area contributed by atoms with Gasteiger partial charge in [0, 0.05) is 31.8 Å². The van der Waals surface area contributed by atoms with Crippen molar-refractivity contribution in [1.82, 2.24) is 10.2 Å². The van der Waals surface area contributed by atoms with E-state index in [4.69, 9.17) is 0 Å². The van der Waals surface area contributed by atoms with Crippen molar-refractivity contribution in [2.45, 2.75) is 26.1 Å². The first-order valence-corrected chi connectivity index (χ1v) is 8.94. The van der Waals surface area contributed by atoms with Gasteiger partial charge < -0.3 is 15.1 Å². The van der Waals surface area contributed by atoms with E-state index in [1.54, 1.807) is 37.2 Å². The smallest absolute Gasteiger partial charge is 0.280 e. The maximum absolute atomic E-state index is 13.3. The zero-order chi connectivity index (χ0) is 20.0. The van der Waals surface area contributed by atoms with Crippen LogP contribution in [0.3, 0.4) is 0 Å². The Morgan fingerprint density at radius 2 is 1.81 bits per heavy atom. The second-order valence-electron chi connectivity index (χ2n) is 6.85. The first-order valence-electron chi connectivity index (χ1n) is 8.94. The van der Waals surface area contributed by atoms with E-state index in [0.717, 1.165) is 16.0 Å². The fraction of sp³-hybridized carbons (Fsp3) is 0.333. The number of benzene rings is 2. The van der Waals surface area contributed by atoms with Crippen LogP contribution in [0.1, 0.15) is 28.4 Å². The van der Waals surface area contributed by atoms with E-state index in [9.17, 15) is 14.0 Å². The standard InChI is InChI=1S/C21H26FN3O2/c1-15(21(27)25(4)14-17-6-5-7-19(22)12-17)24(3)13-16-8-10-18(11-9-16)20(26)23-2/h5-12,15H,13-14H2,1-4H3,(H,23,26)/p+1/t15-/m0/s1. The topological polar surface area (TPSA) is 53.9 Å². The van der Waals surface area contributed by atoms with Gasteiger partial charge in [-0.3, -0.25) is 9.59 Å². The number of carbonyl (C=O) groups excluding carboxylic acids is 2. The SMILES string of the molecule is CNC(=O)c1ccc(C[NH+](C)[C@@H](C)C(=O)N(C)Cc2cccc(F)c2)cc1. The molecule has 6 heteroatoms. The third-order valence-electron chi connectivity index (χ3n) is 4.72. The average Bonchev–Trinajstić information content (AvgIpc) is 2.66. The lowest BCUT2D eigenvalue weighted by molar-refractivity contribution is -0.908. The van der Waals surface area contributed by atoms with Crippen LogP contribution in [0.15, 0.2) is 48.5 Å². The van der Waals surface area contributed by atoms with Crippen LogP contribution in [-0.2, 0) is 17.9 Å². The van der Waals surface area contributed by atoms with Gasteiger partial charge in [-0.25, -0.2) is 4.39 Å². The first kappa shape index (κ1) is 20.6. The van der Waals surface area contributed by atoms with Crippen LogP contribution in [-0.4, -0.2) is 43.9 Å². The number of amides is 2. The largest absolute Gasteiger partial charge is 0.355 e. The Morgan fingerprint density at radius 1 is 1.15 bits per heavy atom. The molecule has 0 fully saturated rings. The van der Waals surface area contributed by atoms with E-state index in [-0.39, 0.29) is 23.7 Å². The van der Waals surface area contributed by atoms with Gasteiger partial charge in [-0.2, -0.15) is 0 Å². The van der Waals surface area contributed by atoms with Gasteiger partial charge in [0.2, 0.25) is 0 Å². The van der Waals surface area contributed by atoms with Gasteiger partial charge in [-0.15, -0.1) is 0 Å². The van der Waals surface area contributed by atoms with Gasteiger partial charge in [0.1, 0.15) is 12.4 Å². The van der Waals surface area contributed by atoms with E-state index in [1.807, 2.05) is 32.2 Å². The Hall–Kier alpha value is -2.73. The van der Waals surface area contributed by atoms with Crippen molar-refractivity contribution in [1.29, 1.82) is 0 Å². The number of halogens is 1. The summed E-state index contributed by atoms with van der Waals surface area (Å²) in [4.78, 5) is 27.0. The number of hydrogen-bond donors (Lipinski definition) is 2. The lowest BCUT2D eigenvalue weighted by Crippen LogP contribution is -3.12. The maximum Gasteiger partial charge on any atom is 0.280 e. The number of rotatable bonds is 7. The second kappa shape index (κ2) is 9.28. The van der Waals surface area contributed by atoms with Crippen LogP contribution in [0.25, 0.3) is 0 Å². The summed E-state index contributed by atoms with van der Waals surface area (Å²) in [7, 11) is 5.29. The minimum Gasteiger partial charge on any atom is -0.355 e. The molecule has 2 aromatic carbocycles. The summed E-state index contributed by atoms with van der Waals surface area (Å²) >= 11 is 0. The Kier molecular flexibility index (Phi) is 7.07. The normalized spacial score (nSPS) is 12.9. The molecule has 0 bridgehead atoms.